The Morgan fingerprint density at radius 1 is 1.14 bits per heavy atom. The summed E-state index contributed by atoms with van der Waals surface area (Å²) in [5, 5.41) is 11.7. The summed E-state index contributed by atoms with van der Waals surface area (Å²) >= 11 is 0. The Kier molecular flexibility index (Phi) is 5.07. The highest BCUT2D eigenvalue weighted by molar-refractivity contribution is 6.06. The van der Waals surface area contributed by atoms with Crippen molar-refractivity contribution in [2.45, 2.75) is 26.8 Å². The number of rotatable bonds is 4. The van der Waals surface area contributed by atoms with Crippen molar-refractivity contribution in [3.63, 3.8) is 0 Å². The molecule has 0 aromatic heterocycles. The number of methoxy groups -OCH3 is 1. The number of amides is 1. The average Bonchev–Trinajstić information content (AvgIpc) is 2.42. The zero-order valence-electron chi connectivity index (χ0n) is 12.5. The lowest BCUT2D eigenvalue weighted by atomic mass is 9.86. The molecule has 6 nitrogen and oxygen atoms in total. The van der Waals surface area contributed by atoms with Gasteiger partial charge in [-0.25, -0.2) is 9.59 Å². The molecular formula is C15H19NO5. The van der Waals surface area contributed by atoms with E-state index in [4.69, 9.17) is 0 Å². The fourth-order valence-corrected chi connectivity index (χ4v) is 1.83. The second-order valence-electron chi connectivity index (χ2n) is 5.65. The Morgan fingerprint density at radius 2 is 1.67 bits per heavy atom. The Hall–Kier alpha value is -2.37. The Morgan fingerprint density at radius 3 is 2.10 bits per heavy atom. The monoisotopic (exact) mass is 293 g/mol. The summed E-state index contributed by atoms with van der Waals surface area (Å²) in [7, 11) is 1.21. The first-order valence-electron chi connectivity index (χ1n) is 6.39. The van der Waals surface area contributed by atoms with Gasteiger partial charge in [-0.15, -0.1) is 0 Å². The van der Waals surface area contributed by atoms with Crippen LogP contribution in [0.2, 0.25) is 0 Å². The number of carboxylic acids is 1. The number of ether oxygens (including phenoxy) is 1. The molecule has 0 aliphatic heterocycles. The van der Waals surface area contributed by atoms with Gasteiger partial charge < -0.3 is 15.2 Å². The van der Waals surface area contributed by atoms with Crippen LogP contribution in [0.3, 0.4) is 0 Å². The van der Waals surface area contributed by atoms with Crippen LogP contribution in [-0.2, 0) is 9.53 Å². The number of nitrogens with one attached hydrogen (secondary N) is 1. The standard InChI is InChI=1S/C15H19NO5/c1-15(2,3)11(13(18)19)16-12(17)9-7-5-6-8-10(9)14(20)21-4/h5-8,11H,1-4H3,(H,16,17)(H,18,19)/t11-/m1/s1. The number of hydrogen-bond acceptors (Lipinski definition) is 4. The Balaban J connectivity index is 3.10. The number of benzene rings is 1. The highest BCUT2D eigenvalue weighted by Crippen LogP contribution is 2.20. The van der Waals surface area contributed by atoms with Gasteiger partial charge in [0.15, 0.2) is 0 Å². The molecule has 0 unspecified atom stereocenters. The van der Waals surface area contributed by atoms with Gasteiger partial charge in [-0.3, -0.25) is 4.79 Å². The van der Waals surface area contributed by atoms with Gasteiger partial charge in [0.2, 0.25) is 0 Å². The van der Waals surface area contributed by atoms with Crippen LogP contribution >= 0.6 is 0 Å². The summed E-state index contributed by atoms with van der Waals surface area (Å²) in [4.78, 5) is 35.2. The SMILES string of the molecule is COC(=O)c1ccccc1C(=O)N[C@H](C(=O)O)C(C)(C)C. The Bertz CT molecular complexity index is 559. The van der Waals surface area contributed by atoms with Crippen LogP contribution in [-0.4, -0.2) is 36.1 Å². The van der Waals surface area contributed by atoms with E-state index in [1.165, 1.54) is 19.2 Å². The van der Waals surface area contributed by atoms with Crippen molar-refractivity contribution in [2.75, 3.05) is 7.11 Å². The predicted molar refractivity (Wildman–Crippen MR) is 76.1 cm³/mol. The molecule has 21 heavy (non-hydrogen) atoms. The van der Waals surface area contributed by atoms with Crippen molar-refractivity contribution in [3.05, 3.63) is 35.4 Å². The van der Waals surface area contributed by atoms with E-state index in [0.29, 0.717) is 0 Å². The van der Waals surface area contributed by atoms with Gasteiger partial charge in [0.05, 0.1) is 18.2 Å². The number of aliphatic carboxylic acids is 1. The first kappa shape index (κ1) is 16.7. The molecule has 0 radical (unpaired) electrons. The molecule has 114 valence electrons. The minimum atomic E-state index is -1.13. The molecular weight excluding hydrogens is 274 g/mol. The predicted octanol–water partition coefficient (Wildman–Crippen LogP) is 1.70. The molecule has 1 aromatic rings. The molecule has 6 heteroatoms. The van der Waals surface area contributed by atoms with Gasteiger partial charge in [0.25, 0.3) is 5.91 Å². The first-order chi connectivity index (χ1) is 9.68. The van der Waals surface area contributed by atoms with Gasteiger partial charge in [-0.05, 0) is 17.5 Å². The van der Waals surface area contributed by atoms with E-state index in [2.05, 4.69) is 10.1 Å². The lowest BCUT2D eigenvalue weighted by Crippen LogP contribution is -2.49. The van der Waals surface area contributed by atoms with Crippen LogP contribution in [0.1, 0.15) is 41.5 Å². The maximum atomic E-state index is 12.3. The van der Waals surface area contributed by atoms with E-state index in [9.17, 15) is 19.5 Å². The second kappa shape index (κ2) is 6.39. The third-order valence-corrected chi connectivity index (χ3v) is 2.97. The minimum Gasteiger partial charge on any atom is -0.480 e. The molecule has 0 heterocycles. The molecule has 0 fully saturated rings. The third kappa shape index (κ3) is 4.05. The molecule has 0 spiro atoms. The zero-order valence-corrected chi connectivity index (χ0v) is 12.5. The van der Waals surface area contributed by atoms with Gasteiger partial charge >= 0.3 is 11.9 Å². The van der Waals surface area contributed by atoms with Crippen molar-refractivity contribution in [1.29, 1.82) is 0 Å². The van der Waals surface area contributed by atoms with Gasteiger partial charge in [-0.2, -0.15) is 0 Å². The largest absolute Gasteiger partial charge is 0.480 e. The Labute approximate surface area is 123 Å². The molecule has 1 aromatic carbocycles. The summed E-state index contributed by atoms with van der Waals surface area (Å²) < 4.78 is 4.61. The van der Waals surface area contributed by atoms with E-state index in [-0.39, 0.29) is 11.1 Å². The van der Waals surface area contributed by atoms with Crippen molar-refractivity contribution in [3.8, 4) is 0 Å². The number of carbonyl (C=O) groups is 3. The summed E-state index contributed by atoms with van der Waals surface area (Å²) in [5.41, 5.74) is -0.489. The van der Waals surface area contributed by atoms with Crippen molar-refractivity contribution >= 4 is 17.8 Å². The van der Waals surface area contributed by atoms with E-state index in [1.807, 2.05) is 0 Å². The zero-order chi connectivity index (χ0) is 16.2. The molecule has 1 rings (SSSR count). The maximum Gasteiger partial charge on any atom is 0.338 e. The highest BCUT2D eigenvalue weighted by Gasteiger charge is 2.33. The molecule has 2 N–H and O–H groups in total. The molecule has 1 amide bonds. The highest BCUT2D eigenvalue weighted by atomic mass is 16.5. The fourth-order valence-electron chi connectivity index (χ4n) is 1.83. The number of esters is 1. The lowest BCUT2D eigenvalue weighted by Gasteiger charge is -2.28. The number of hydrogen-bond donors (Lipinski definition) is 2. The summed E-state index contributed by atoms with van der Waals surface area (Å²) in [6, 6.07) is 5.02. The second-order valence-corrected chi connectivity index (χ2v) is 5.65. The van der Waals surface area contributed by atoms with Crippen LogP contribution in [0.5, 0.6) is 0 Å². The maximum absolute atomic E-state index is 12.3. The van der Waals surface area contributed by atoms with E-state index in [0.717, 1.165) is 0 Å². The van der Waals surface area contributed by atoms with E-state index >= 15 is 0 Å². The molecule has 0 saturated heterocycles. The number of carboxylic acid groups (broad SMARTS) is 1. The van der Waals surface area contributed by atoms with E-state index in [1.54, 1.807) is 32.9 Å². The third-order valence-electron chi connectivity index (χ3n) is 2.97. The van der Waals surface area contributed by atoms with Crippen molar-refractivity contribution in [2.24, 2.45) is 5.41 Å². The average molecular weight is 293 g/mol. The first-order valence-corrected chi connectivity index (χ1v) is 6.39. The molecule has 0 bridgehead atoms. The van der Waals surface area contributed by atoms with Crippen LogP contribution in [0.4, 0.5) is 0 Å². The summed E-state index contributed by atoms with van der Waals surface area (Å²) in [6.07, 6.45) is 0. The van der Waals surface area contributed by atoms with Crippen LogP contribution in [0.25, 0.3) is 0 Å². The van der Waals surface area contributed by atoms with Crippen LogP contribution in [0, 0.1) is 5.41 Å². The minimum absolute atomic E-state index is 0.0832. The van der Waals surface area contributed by atoms with Gasteiger partial charge in [0, 0.05) is 0 Å². The van der Waals surface area contributed by atoms with Crippen molar-refractivity contribution < 1.29 is 24.2 Å². The normalized spacial score (nSPS) is 12.4. The summed E-state index contributed by atoms with van der Waals surface area (Å²) in [5.74, 6) is -2.41. The fraction of sp³-hybridized carbons (Fsp3) is 0.400. The number of carbonyl (C=O) groups excluding carboxylic acids is 2. The molecule has 1 atom stereocenters. The quantitative estimate of drug-likeness (QED) is 0.824. The van der Waals surface area contributed by atoms with Gasteiger partial charge in [0.1, 0.15) is 6.04 Å². The molecule has 0 saturated carbocycles. The van der Waals surface area contributed by atoms with Crippen LogP contribution in [0.15, 0.2) is 24.3 Å². The van der Waals surface area contributed by atoms with Crippen LogP contribution < -0.4 is 5.32 Å². The lowest BCUT2D eigenvalue weighted by molar-refractivity contribution is -0.142. The van der Waals surface area contributed by atoms with E-state index < -0.39 is 29.3 Å². The smallest absolute Gasteiger partial charge is 0.338 e. The summed E-state index contributed by atoms with van der Waals surface area (Å²) in [6.45, 7) is 5.12. The van der Waals surface area contributed by atoms with Gasteiger partial charge in [-0.1, -0.05) is 32.9 Å². The topological polar surface area (TPSA) is 92.7 Å². The van der Waals surface area contributed by atoms with Crippen molar-refractivity contribution in [1.82, 2.24) is 5.32 Å². The molecule has 0 aliphatic rings. The molecule has 0 aliphatic carbocycles.